The number of hydrogen-bond acceptors (Lipinski definition) is 4. The van der Waals surface area contributed by atoms with Gasteiger partial charge < -0.3 is 10.6 Å². The van der Waals surface area contributed by atoms with Gasteiger partial charge in [0.25, 0.3) is 0 Å². The van der Waals surface area contributed by atoms with E-state index in [1.165, 1.54) is 19.2 Å². The maximum atomic E-state index is 5.93. The lowest BCUT2D eigenvalue weighted by atomic mass is 10.2. The molecular formula is C11H17ClN4. The molecule has 0 atom stereocenters. The van der Waals surface area contributed by atoms with E-state index in [0.717, 1.165) is 12.4 Å². The Bertz CT molecular complexity index is 376. The molecule has 1 aliphatic carbocycles. The minimum absolute atomic E-state index is 0.347. The average molecular weight is 241 g/mol. The van der Waals surface area contributed by atoms with Crippen molar-refractivity contribution in [2.75, 3.05) is 17.2 Å². The van der Waals surface area contributed by atoms with E-state index >= 15 is 0 Å². The molecule has 5 heteroatoms. The maximum Gasteiger partial charge on any atom is 0.157 e. The zero-order chi connectivity index (χ0) is 11.7. The van der Waals surface area contributed by atoms with Crippen LogP contribution in [0.25, 0.3) is 0 Å². The summed E-state index contributed by atoms with van der Waals surface area (Å²) >= 11 is 5.92. The van der Waals surface area contributed by atoms with Crippen molar-refractivity contribution in [2.45, 2.75) is 32.7 Å². The second-order valence-corrected chi connectivity index (χ2v) is 5.04. The molecule has 1 fully saturated rings. The van der Waals surface area contributed by atoms with Crippen molar-refractivity contribution in [1.29, 1.82) is 0 Å². The molecule has 16 heavy (non-hydrogen) atoms. The molecule has 1 aliphatic rings. The maximum absolute atomic E-state index is 5.93. The minimum atomic E-state index is 0.347. The first-order valence-corrected chi connectivity index (χ1v) is 6.00. The van der Waals surface area contributed by atoms with Crippen molar-refractivity contribution in [3.63, 3.8) is 0 Å². The van der Waals surface area contributed by atoms with Gasteiger partial charge in [0.05, 0.1) is 0 Å². The molecule has 0 saturated heterocycles. The van der Waals surface area contributed by atoms with Gasteiger partial charge in [-0.2, -0.15) is 0 Å². The van der Waals surface area contributed by atoms with Crippen molar-refractivity contribution in [3.05, 3.63) is 11.5 Å². The molecule has 1 aromatic heterocycles. The number of anilines is 2. The standard InChI is InChI=1S/C11H17ClN4/c1-7(2)5-16(8-3-4-8)11-9(13)10(12)14-6-15-11/h6-8H,3-5,13H2,1-2H3. The summed E-state index contributed by atoms with van der Waals surface area (Å²) in [6.07, 6.45) is 3.91. The Morgan fingerprint density at radius 2 is 2.19 bits per heavy atom. The summed E-state index contributed by atoms with van der Waals surface area (Å²) in [5.74, 6) is 1.37. The Kier molecular flexibility index (Phi) is 3.19. The largest absolute Gasteiger partial charge is 0.393 e. The average Bonchev–Trinajstić information content (AvgIpc) is 3.02. The highest BCUT2D eigenvalue weighted by Gasteiger charge is 2.31. The van der Waals surface area contributed by atoms with Crippen LogP contribution in [0.15, 0.2) is 6.33 Å². The van der Waals surface area contributed by atoms with Crippen molar-refractivity contribution >= 4 is 23.1 Å². The fourth-order valence-electron chi connectivity index (χ4n) is 1.78. The number of nitrogens with two attached hydrogens (primary N) is 1. The zero-order valence-electron chi connectivity index (χ0n) is 9.65. The summed E-state index contributed by atoms with van der Waals surface area (Å²) in [6, 6.07) is 0.579. The van der Waals surface area contributed by atoms with Gasteiger partial charge in [-0.05, 0) is 18.8 Å². The molecule has 1 saturated carbocycles. The Morgan fingerprint density at radius 1 is 1.50 bits per heavy atom. The van der Waals surface area contributed by atoms with Gasteiger partial charge in [-0.25, -0.2) is 9.97 Å². The van der Waals surface area contributed by atoms with Gasteiger partial charge in [-0.1, -0.05) is 25.4 Å². The second kappa shape index (κ2) is 4.45. The van der Waals surface area contributed by atoms with Crippen LogP contribution in [0.4, 0.5) is 11.5 Å². The Morgan fingerprint density at radius 3 is 2.75 bits per heavy atom. The molecule has 0 spiro atoms. The smallest absolute Gasteiger partial charge is 0.157 e. The predicted molar refractivity (Wildman–Crippen MR) is 66.7 cm³/mol. The molecule has 1 aromatic rings. The van der Waals surface area contributed by atoms with Gasteiger partial charge in [0.1, 0.15) is 12.0 Å². The van der Waals surface area contributed by atoms with Crippen LogP contribution in [0.5, 0.6) is 0 Å². The van der Waals surface area contributed by atoms with Crippen LogP contribution in [0.3, 0.4) is 0 Å². The first-order chi connectivity index (χ1) is 7.59. The molecule has 1 heterocycles. The molecule has 0 radical (unpaired) electrons. The van der Waals surface area contributed by atoms with Crippen LogP contribution < -0.4 is 10.6 Å². The fourth-order valence-corrected chi connectivity index (χ4v) is 1.91. The number of halogens is 1. The first-order valence-electron chi connectivity index (χ1n) is 5.62. The summed E-state index contributed by atoms with van der Waals surface area (Å²) in [5.41, 5.74) is 6.42. The SMILES string of the molecule is CC(C)CN(c1ncnc(Cl)c1N)C1CC1. The van der Waals surface area contributed by atoms with Gasteiger partial charge >= 0.3 is 0 Å². The van der Waals surface area contributed by atoms with Crippen LogP contribution in [0, 0.1) is 5.92 Å². The Labute approximate surface area is 101 Å². The molecule has 0 bridgehead atoms. The fraction of sp³-hybridized carbons (Fsp3) is 0.636. The minimum Gasteiger partial charge on any atom is -0.393 e. The number of nitrogen functional groups attached to an aromatic ring is 1. The van der Waals surface area contributed by atoms with Crippen LogP contribution >= 0.6 is 11.6 Å². The third-order valence-corrected chi connectivity index (χ3v) is 2.94. The van der Waals surface area contributed by atoms with Crippen molar-refractivity contribution in [2.24, 2.45) is 5.92 Å². The summed E-state index contributed by atoms with van der Waals surface area (Å²) in [4.78, 5) is 10.4. The topological polar surface area (TPSA) is 55.0 Å². The number of rotatable bonds is 4. The number of hydrogen-bond donors (Lipinski definition) is 1. The molecule has 2 rings (SSSR count). The highest BCUT2D eigenvalue weighted by molar-refractivity contribution is 6.32. The molecular weight excluding hydrogens is 224 g/mol. The van der Waals surface area contributed by atoms with Gasteiger partial charge in [-0.15, -0.1) is 0 Å². The molecule has 4 nitrogen and oxygen atoms in total. The molecule has 0 amide bonds. The summed E-state index contributed by atoms with van der Waals surface area (Å²) in [5, 5.41) is 0.347. The Balaban J connectivity index is 2.27. The van der Waals surface area contributed by atoms with E-state index in [1.54, 1.807) is 0 Å². The van der Waals surface area contributed by atoms with Crippen LogP contribution in [-0.4, -0.2) is 22.6 Å². The Hall–Kier alpha value is -1.03. The van der Waals surface area contributed by atoms with E-state index in [2.05, 4.69) is 28.7 Å². The monoisotopic (exact) mass is 240 g/mol. The number of nitrogens with zero attached hydrogens (tertiary/aromatic N) is 3. The van der Waals surface area contributed by atoms with Crippen LogP contribution in [0.2, 0.25) is 5.15 Å². The first kappa shape index (κ1) is 11.5. The highest BCUT2D eigenvalue weighted by atomic mass is 35.5. The molecule has 2 N–H and O–H groups in total. The number of aromatic nitrogens is 2. The van der Waals surface area contributed by atoms with Crippen LogP contribution in [0.1, 0.15) is 26.7 Å². The summed E-state index contributed by atoms with van der Waals surface area (Å²) in [7, 11) is 0. The molecule has 0 aromatic carbocycles. The van der Waals surface area contributed by atoms with E-state index in [1.807, 2.05) is 0 Å². The summed E-state index contributed by atoms with van der Waals surface area (Å²) in [6.45, 7) is 5.34. The van der Waals surface area contributed by atoms with E-state index in [4.69, 9.17) is 17.3 Å². The van der Waals surface area contributed by atoms with Gasteiger partial charge in [0.15, 0.2) is 11.0 Å². The molecule has 88 valence electrons. The van der Waals surface area contributed by atoms with E-state index < -0.39 is 0 Å². The van der Waals surface area contributed by atoms with Crippen molar-refractivity contribution in [3.8, 4) is 0 Å². The van der Waals surface area contributed by atoms with Crippen molar-refractivity contribution in [1.82, 2.24) is 9.97 Å². The highest BCUT2D eigenvalue weighted by Crippen LogP contribution is 2.35. The van der Waals surface area contributed by atoms with Gasteiger partial charge in [0.2, 0.25) is 0 Å². The van der Waals surface area contributed by atoms with E-state index in [9.17, 15) is 0 Å². The normalized spacial score (nSPS) is 15.5. The summed E-state index contributed by atoms with van der Waals surface area (Å²) < 4.78 is 0. The lowest BCUT2D eigenvalue weighted by Gasteiger charge is -2.26. The second-order valence-electron chi connectivity index (χ2n) is 4.68. The zero-order valence-corrected chi connectivity index (χ0v) is 10.4. The van der Waals surface area contributed by atoms with E-state index in [0.29, 0.717) is 22.8 Å². The lowest BCUT2D eigenvalue weighted by molar-refractivity contribution is 0.603. The lowest BCUT2D eigenvalue weighted by Crippen LogP contribution is -2.31. The third-order valence-electron chi connectivity index (χ3n) is 2.64. The molecule has 0 aliphatic heterocycles. The van der Waals surface area contributed by atoms with Gasteiger partial charge in [-0.3, -0.25) is 0 Å². The quantitative estimate of drug-likeness (QED) is 0.821. The predicted octanol–water partition coefficient (Wildman–Crippen LogP) is 2.34. The van der Waals surface area contributed by atoms with Crippen molar-refractivity contribution < 1.29 is 0 Å². The van der Waals surface area contributed by atoms with Crippen LogP contribution in [-0.2, 0) is 0 Å². The van der Waals surface area contributed by atoms with E-state index in [-0.39, 0.29) is 0 Å². The molecule has 0 unspecified atom stereocenters. The third kappa shape index (κ3) is 2.38. The van der Waals surface area contributed by atoms with Gasteiger partial charge in [0, 0.05) is 12.6 Å².